The van der Waals surface area contributed by atoms with Crippen LogP contribution in [0.1, 0.15) is 48.0 Å². The first kappa shape index (κ1) is 17.0. The molecule has 132 valence electrons. The van der Waals surface area contributed by atoms with Crippen LogP contribution in [-0.4, -0.2) is 29.6 Å². The summed E-state index contributed by atoms with van der Waals surface area (Å²) in [7, 11) is 0. The number of benzene rings is 1. The van der Waals surface area contributed by atoms with Crippen molar-refractivity contribution in [2.45, 2.75) is 38.6 Å². The van der Waals surface area contributed by atoms with Crippen molar-refractivity contribution in [1.82, 2.24) is 4.98 Å². The van der Waals surface area contributed by atoms with Gasteiger partial charge in [0.05, 0.1) is 6.04 Å². The van der Waals surface area contributed by atoms with Gasteiger partial charge in [0.2, 0.25) is 0 Å². The Balaban J connectivity index is 1.57. The summed E-state index contributed by atoms with van der Waals surface area (Å²) >= 11 is 0. The summed E-state index contributed by atoms with van der Waals surface area (Å²) in [5.74, 6) is 0.424. The SMILES string of the molecule is CC(C)c1ocnc1C(=O)Nc1ccc(CC[C@H]2COC(N)=N2)cc1. The van der Waals surface area contributed by atoms with Crippen molar-refractivity contribution < 1.29 is 13.9 Å². The second-order valence-corrected chi connectivity index (χ2v) is 6.34. The van der Waals surface area contributed by atoms with Gasteiger partial charge in [0.25, 0.3) is 11.9 Å². The Labute approximate surface area is 146 Å². The summed E-state index contributed by atoms with van der Waals surface area (Å²) < 4.78 is 10.4. The highest BCUT2D eigenvalue weighted by Crippen LogP contribution is 2.20. The number of hydrogen-bond acceptors (Lipinski definition) is 6. The molecular formula is C18H22N4O3. The van der Waals surface area contributed by atoms with E-state index in [1.165, 1.54) is 12.0 Å². The molecule has 1 aliphatic rings. The van der Waals surface area contributed by atoms with Crippen molar-refractivity contribution in [1.29, 1.82) is 0 Å². The van der Waals surface area contributed by atoms with Gasteiger partial charge in [-0.25, -0.2) is 9.98 Å². The van der Waals surface area contributed by atoms with Crippen LogP contribution in [0, 0.1) is 0 Å². The Morgan fingerprint density at radius 1 is 1.36 bits per heavy atom. The molecule has 3 rings (SSSR count). The van der Waals surface area contributed by atoms with Gasteiger partial charge in [-0.15, -0.1) is 0 Å². The van der Waals surface area contributed by atoms with Gasteiger partial charge in [0.1, 0.15) is 12.4 Å². The number of nitrogens with zero attached hydrogens (tertiary/aromatic N) is 2. The first-order chi connectivity index (χ1) is 12.0. The first-order valence-corrected chi connectivity index (χ1v) is 8.32. The number of amidine groups is 1. The molecule has 2 aromatic rings. The van der Waals surface area contributed by atoms with Crippen LogP contribution in [0.2, 0.25) is 0 Å². The molecule has 0 fully saturated rings. The van der Waals surface area contributed by atoms with Crippen molar-refractivity contribution in [2.75, 3.05) is 11.9 Å². The van der Waals surface area contributed by atoms with E-state index in [9.17, 15) is 4.79 Å². The van der Waals surface area contributed by atoms with E-state index in [2.05, 4.69) is 15.3 Å². The first-order valence-electron chi connectivity index (χ1n) is 8.32. The summed E-state index contributed by atoms with van der Waals surface area (Å²) in [4.78, 5) is 20.6. The number of anilines is 1. The normalized spacial score (nSPS) is 16.6. The maximum absolute atomic E-state index is 12.3. The Morgan fingerprint density at radius 2 is 2.12 bits per heavy atom. The molecule has 7 nitrogen and oxygen atoms in total. The quantitative estimate of drug-likeness (QED) is 0.840. The number of nitrogens with two attached hydrogens (primary N) is 1. The molecule has 25 heavy (non-hydrogen) atoms. The molecule has 0 bridgehead atoms. The van der Waals surface area contributed by atoms with E-state index in [1.54, 1.807) is 0 Å². The Hall–Kier alpha value is -2.83. The monoisotopic (exact) mass is 342 g/mol. The van der Waals surface area contributed by atoms with Crippen LogP contribution in [0.3, 0.4) is 0 Å². The molecule has 1 aliphatic heterocycles. The number of aryl methyl sites for hydroxylation is 1. The molecule has 1 aromatic heterocycles. The average Bonchev–Trinajstić information content (AvgIpc) is 3.23. The van der Waals surface area contributed by atoms with Crippen LogP contribution in [-0.2, 0) is 11.2 Å². The van der Waals surface area contributed by atoms with Crippen molar-refractivity contribution in [3.8, 4) is 0 Å². The molecule has 0 saturated carbocycles. The molecule has 1 amide bonds. The van der Waals surface area contributed by atoms with Crippen LogP contribution < -0.4 is 11.1 Å². The van der Waals surface area contributed by atoms with Crippen LogP contribution in [0.25, 0.3) is 0 Å². The number of carbonyl (C=O) groups is 1. The molecule has 0 spiro atoms. The van der Waals surface area contributed by atoms with E-state index in [1.807, 2.05) is 38.1 Å². The van der Waals surface area contributed by atoms with Gasteiger partial charge in [-0.2, -0.15) is 0 Å². The second kappa shape index (κ2) is 7.38. The highest BCUT2D eigenvalue weighted by Gasteiger charge is 2.19. The number of ether oxygens (including phenoxy) is 1. The number of amides is 1. The molecule has 7 heteroatoms. The summed E-state index contributed by atoms with van der Waals surface area (Å²) in [6, 6.07) is 8.14. The van der Waals surface area contributed by atoms with Crippen molar-refractivity contribution in [3.05, 3.63) is 47.7 Å². The minimum atomic E-state index is -0.266. The fraction of sp³-hybridized carbons (Fsp3) is 0.389. The van der Waals surface area contributed by atoms with Gasteiger partial charge in [-0.3, -0.25) is 4.79 Å². The number of aromatic nitrogens is 1. The minimum Gasteiger partial charge on any atom is -0.463 e. The number of hydrogen-bond donors (Lipinski definition) is 2. The number of carbonyl (C=O) groups excluding carboxylic acids is 1. The Bertz CT molecular complexity index is 765. The Kier molecular flexibility index (Phi) is 5.02. The number of aliphatic imine (C=N–C) groups is 1. The molecule has 2 heterocycles. The maximum Gasteiger partial charge on any atom is 0.282 e. The second-order valence-electron chi connectivity index (χ2n) is 6.34. The number of nitrogens with one attached hydrogen (secondary N) is 1. The lowest BCUT2D eigenvalue weighted by atomic mass is 10.1. The van der Waals surface area contributed by atoms with E-state index < -0.39 is 0 Å². The third kappa shape index (κ3) is 4.17. The molecule has 3 N–H and O–H groups in total. The van der Waals surface area contributed by atoms with Crippen molar-refractivity contribution >= 4 is 17.6 Å². The predicted molar refractivity (Wildman–Crippen MR) is 94.7 cm³/mol. The van der Waals surface area contributed by atoms with Gasteiger partial charge in [-0.05, 0) is 30.5 Å². The Morgan fingerprint density at radius 3 is 2.76 bits per heavy atom. The average molecular weight is 342 g/mol. The maximum atomic E-state index is 12.3. The smallest absolute Gasteiger partial charge is 0.282 e. The van der Waals surface area contributed by atoms with E-state index in [4.69, 9.17) is 14.9 Å². The van der Waals surface area contributed by atoms with E-state index >= 15 is 0 Å². The van der Waals surface area contributed by atoms with Crippen LogP contribution in [0.5, 0.6) is 0 Å². The zero-order valence-corrected chi connectivity index (χ0v) is 14.4. The molecule has 1 aromatic carbocycles. The molecule has 0 radical (unpaired) electrons. The van der Waals surface area contributed by atoms with E-state index in [-0.39, 0.29) is 23.9 Å². The van der Waals surface area contributed by atoms with Crippen LogP contribution >= 0.6 is 0 Å². The van der Waals surface area contributed by atoms with Gasteiger partial charge < -0.3 is 20.2 Å². The zero-order chi connectivity index (χ0) is 17.8. The third-order valence-electron chi connectivity index (χ3n) is 4.05. The third-order valence-corrected chi connectivity index (χ3v) is 4.05. The van der Waals surface area contributed by atoms with Crippen LogP contribution in [0.15, 0.2) is 40.1 Å². The lowest BCUT2D eigenvalue weighted by Crippen LogP contribution is -2.14. The van der Waals surface area contributed by atoms with Gasteiger partial charge in [0, 0.05) is 11.6 Å². The molecule has 0 aliphatic carbocycles. The van der Waals surface area contributed by atoms with Gasteiger partial charge >= 0.3 is 0 Å². The topological polar surface area (TPSA) is 103 Å². The summed E-state index contributed by atoms with van der Waals surface area (Å²) in [6.45, 7) is 4.47. The number of oxazole rings is 1. The molecule has 0 saturated heterocycles. The lowest BCUT2D eigenvalue weighted by Gasteiger charge is -2.08. The predicted octanol–water partition coefficient (Wildman–Crippen LogP) is 2.70. The van der Waals surface area contributed by atoms with Crippen LogP contribution in [0.4, 0.5) is 5.69 Å². The summed E-state index contributed by atoms with van der Waals surface area (Å²) in [6.07, 6.45) is 3.05. The van der Waals surface area contributed by atoms with E-state index in [0.29, 0.717) is 18.1 Å². The van der Waals surface area contributed by atoms with Crippen molar-refractivity contribution in [2.24, 2.45) is 10.7 Å². The number of rotatable bonds is 6. The fourth-order valence-electron chi connectivity index (χ4n) is 2.70. The zero-order valence-electron chi connectivity index (χ0n) is 14.4. The van der Waals surface area contributed by atoms with Gasteiger partial charge in [-0.1, -0.05) is 26.0 Å². The summed E-state index contributed by atoms with van der Waals surface area (Å²) in [5.41, 5.74) is 7.72. The highest BCUT2D eigenvalue weighted by atomic mass is 16.5. The summed E-state index contributed by atoms with van der Waals surface area (Å²) in [5, 5.41) is 2.85. The standard InChI is InChI=1S/C18H22N4O3/c1-11(2)16-15(20-10-25-16)17(23)21-13-6-3-12(4-7-13)5-8-14-9-24-18(19)22-14/h3-4,6-7,10-11,14H,5,8-9H2,1-2H3,(H2,19,22)(H,21,23)/t14-/m0/s1. The largest absolute Gasteiger partial charge is 0.463 e. The molecular weight excluding hydrogens is 320 g/mol. The minimum absolute atomic E-state index is 0.0990. The molecule has 0 unspecified atom stereocenters. The fourth-order valence-corrected chi connectivity index (χ4v) is 2.70. The lowest BCUT2D eigenvalue weighted by molar-refractivity contribution is 0.102. The van der Waals surface area contributed by atoms with Gasteiger partial charge in [0.15, 0.2) is 12.1 Å². The van der Waals surface area contributed by atoms with Crippen molar-refractivity contribution in [3.63, 3.8) is 0 Å². The highest BCUT2D eigenvalue weighted by molar-refractivity contribution is 6.03. The van der Waals surface area contributed by atoms with E-state index in [0.717, 1.165) is 18.5 Å². The molecule has 1 atom stereocenters.